The van der Waals surface area contributed by atoms with Crippen molar-refractivity contribution in [3.63, 3.8) is 0 Å². The molecule has 2 rings (SSSR count). The molecule has 0 aliphatic carbocycles. The van der Waals surface area contributed by atoms with Crippen LogP contribution in [0.15, 0.2) is 0 Å². The Morgan fingerprint density at radius 1 is 1.06 bits per heavy atom. The predicted octanol–water partition coefficient (Wildman–Crippen LogP) is 0.690. The quantitative estimate of drug-likeness (QED) is 0.597. The van der Waals surface area contributed by atoms with Gasteiger partial charge >= 0.3 is 12.3 Å². The van der Waals surface area contributed by atoms with E-state index in [0.29, 0.717) is 19.8 Å². The highest BCUT2D eigenvalue weighted by Gasteiger charge is 2.19. The van der Waals surface area contributed by atoms with Crippen molar-refractivity contribution in [1.29, 1.82) is 0 Å². The van der Waals surface area contributed by atoms with Gasteiger partial charge in [-0.15, -0.1) is 0 Å². The first-order valence-electron chi connectivity index (χ1n) is 4.80. The van der Waals surface area contributed by atoms with Gasteiger partial charge in [0.25, 0.3) is 0 Å². The molecule has 1 atom stereocenters. The highest BCUT2D eigenvalue weighted by atomic mass is 32.2. The van der Waals surface area contributed by atoms with E-state index in [4.69, 9.17) is 0 Å². The maximum Gasteiger partial charge on any atom is 0.508 e. The number of carbonyl (C=O) groups is 2. The normalized spacial score (nSPS) is 21.1. The van der Waals surface area contributed by atoms with Crippen molar-refractivity contribution in [1.82, 2.24) is 0 Å². The molecule has 2 heterocycles. The number of carbonyl (C=O) groups excluding carboxylic acids is 2. The van der Waals surface area contributed by atoms with Gasteiger partial charge in [0.2, 0.25) is 0 Å². The van der Waals surface area contributed by atoms with Gasteiger partial charge in [0.1, 0.15) is 25.9 Å². The van der Waals surface area contributed by atoms with E-state index in [9.17, 15) is 13.8 Å². The molecule has 0 aromatic heterocycles. The van der Waals surface area contributed by atoms with Crippen LogP contribution in [0.3, 0.4) is 0 Å². The summed E-state index contributed by atoms with van der Waals surface area (Å²) in [5.41, 5.74) is 0. The van der Waals surface area contributed by atoms with Gasteiger partial charge in [0.15, 0.2) is 0 Å². The highest BCUT2D eigenvalue weighted by Crippen LogP contribution is 2.02. The topological polar surface area (TPSA) is 88.1 Å². The van der Waals surface area contributed by atoms with Crippen molar-refractivity contribution in [2.24, 2.45) is 0 Å². The molecule has 0 bridgehead atoms. The first kappa shape index (κ1) is 15.7. The van der Waals surface area contributed by atoms with Gasteiger partial charge in [-0.3, -0.25) is 4.21 Å². The number of hydrogen-bond donors (Lipinski definition) is 0. The van der Waals surface area contributed by atoms with Crippen LogP contribution in [0, 0.1) is 0 Å². The first-order valence-corrected chi connectivity index (χ1v) is 6.76. The molecule has 8 heteroatoms. The third-order valence-electron chi connectivity index (χ3n) is 1.26. The molecule has 2 aliphatic heterocycles. The Bertz CT molecular complexity index is 267. The Morgan fingerprint density at radius 3 is 1.65 bits per heavy atom. The summed E-state index contributed by atoms with van der Waals surface area (Å²) in [5.74, 6) is 0. The lowest BCUT2D eigenvalue weighted by Crippen LogP contribution is -2.01. The molecule has 2 fully saturated rings. The first-order chi connectivity index (χ1) is 7.91. The monoisotopic (exact) mass is 268 g/mol. The standard InChI is InChI=1S/C4H6O3.C3H4O3.C2H6OS/c1-3-2-6-4(5)7-3;4-3-5-1-2-6-3;1-4(2)3/h3H,2H2,1H3;1-2H2;1-2H3. The predicted molar refractivity (Wildman–Crippen MR) is 59.2 cm³/mol. The smallest absolute Gasteiger partial charge is 0.431 e. The molecule has 0 radical (unpaired) electrons. The molecule has 0 N–H and O–H groups in total. The fourth-order valence-corrected chi connectivity index (χ4v) is 0.709. The van der Waals surface area contributed by atoms with Crippen molar-refractivity contribution >= 4 is 23.1 Å². The van der Waals surface area contributed by atoms with Crippen LogP contribution >= 0.6 is 0 Å². The van der Waals surface area contributed by atoms with Crippen molar-refractivity contribution in [3.8, 4) is 0 Å². The Kier molecular flexibility index (Phi) is 8.12. The summed E-state index contributed by atoms with van der Waals surface area (Å²) in [4.78, 5) is 19.8. The molecule has 0 amide bonds. The average molecular weight is 268 g/mol. The molecular formula is C9H16O7S. The summed E-state index contributed by atoms with van der Waals surface area (Å²) in [6, 6.07) is 0. The van der Waals surface area contributed by atoms with E-state index in [1.54, 1.807) is 19.4 Å². The molecule has 2 saturated heterocycles. The van der Waals surface area contributed by atoms with Gasteiger partial charge in [-0.1, -0.05) is 0 Å². The molecule has 0 aromatic carbocycles. The fraction of sp³-hybridized carbons (Fsp3) is 0.778. The van der Waals surface area contributed by atoms with Gasteiger partial charge < -0.3 is 18.9 Å². The summed E-state index contributed by atoms with van der Waals surface area (Å²) in [6.07, 6.45) is 2.13. The maximum absolute atomic E-state index is 10.0. The molecular weight excluding hydrogens is 252 g/mol. The summed E-state index contributed by atoms with van der Waals surface area (Å²) >= 11 is 0. The van der Waals surface area contributed by atoms with Crippen molar-refractivity contribution < 1.29 is 32.7 Å². The Balaban J connectivity index is 0.000000236. The van der Waals surface area contributed by atoms with Crippen LogP contribution in [-0.4, -0.2) is 55.0 Å². The minimum atomic E-state index is -0.611. The van der Waals surface area contributed by atoms with E-state index in [2.05, 4.69) is 18.9 Å². The number of cyclic esters (lactones) is 4. The zero-order chi connectivity index (χ0) is 13.3. The van der Waals surface area contributed by atoms with Crippen LogP contribution in [-0.2, 0) is 29.7 Å². The second kappa shape index (κ2) is 8.80. The third-order valence-corrected chi connectivity index (χ3v) is 1.26. The Morgan fingerprint density at radius 2 is 1.53 bits per heavy atom. The van der Waals surface area contributed by atoms with E-state index in [0.717, 1.165) is 0 Å². The molecule has 100 valence electrons. The molecule has 17 heavy (non-hydrogen) atoms. The van der Waals surface area contributed by atoms with Gasteiger partial charge in [-0.25, -0.2) is 9.59 Å². The van der Waals surface area contributed by atoms with Crippen LogP contribution in [0.5, 0.6) is 0 Å². The van der Waals surface area contributed by atoms with E-state index in [1.807, 2.05) is 0 Å². The zero-order valence-corrected chi connectivity index (χ0v) is 10.8. The largest absolute Gasteiger partial charge is 0.508 e. The van der Waals surface area contributed by atoms with E-state index in [-0.39, 0.29) is 6.10 Å². The van der Waals surface area contributed by atoms with Crippen LogP contribution in [0.1, 0.15) is 6.92 Å². The van der Waals surface area contributed by atoms with Crippen molar-refractivity contribution in [3.05, 3.63) is 0 Å². The Labute approximate surface area is 102 Å². The second-order valence-electron chi connectivity index (χ2n) is 3.18. The van der Waals surface area contributed by atoms with E-state index in [1.165, 1.54) is 0 Å². The van der Waals surface area contributed by atoms with Gasteiger partial charge in [-0.2, -0.15) is 0 Å². The maximum atomic E-state index is 10.0. The van der Waals surface area contributed by atoms with Crippen molar-refractivity contribution in [2.75, 3.05) is 32.3 Å². The van der Waals surface area contributed by atoms with Crippen LogP contribution in [0.25, 0.3) is 0 Å². The van der Waals surface area contributed by atoms with Crippen LogP contribution in [0.2, 0.25) is 0 Å². The molecule has 0 aromatic rings. The summed E-state index contributed by atoms with van der Waals surface area (Å²) in [6.45, 7) is 3.02. The lowest BCUT2D eigenvalue weighted by molar-refractivity contribution is 0.121. The number of rotatable bonds is 0. The van der Waals surface area contributed by atoms with E-state index >= 15 is 0 Å². The summed E-state index contributed by atoms with van der Waals surface area (Å²) < 4.78 is 27.0. The average Bonchev–Trinajstić information content (AvgIpc) is 2.78. The summed E-state index contributed by atoms with van der Waals surface area (Å²) in [5, 5.41) is 0. The van der Waals surface area contributed by atoms with Crippen molar-refractivity contribution in [2.45, 2.75) is 13.0 Å². The molecule has 7 nitrogen and oxygen atoms in total. The molecule has 0 saturated carbocycles. The molecule has 0 spiro atoms. The fourth-order valence-electron chi connectivity index (χ4n) is 0.709. The molecule has 1 unspecified atom stereocenters. The van der Waals surface area contributed by atoms with Crippen LogP contribution in [0.4, 0.5) is 9.59 Å². The SMILES string of the molecule is CC1COC(=O)O1.CS(C)=O.O=C1OCCO1. The minimum absolute atomic E-state index is 0.0486. The van der Waals surface area contributed by atoms with Gasteiger partial charge in [0.05, 0.1) is 0 Å². The van der Waals surface area contributed by atoms with Crippen LogP contribution < -0.4 is 0 Å². The zero-order valence-electron chi connectivity index (χ0n) is 9.96. The Hall–Kier alpha value is -1.31. The minimum Gasteiger partial charge on any atom is -0.431 e. The second-order valence-corrected chi connectivity index (χ2v) is 4.66. The lowest BCUT2D eigenvalue weighted by Gasteiger charge is -1.90. The van der Waals surface area contributed by atoms with Gasteiger partial charge in [-0.05, 0) is 6.92 Å². The lowest BCUT2D eigenvalue weighted by atomic mass is 10.5. The number of ether oxygens (including phenoxy) is 4. The number of hydrogen-bond acceptors (Lipinski definition) is 7. The highest BCUT2D eigenvalue weighted by molar-refractivity contribution is 7.83. The van der Waals surface area contributed by atoms with Gasteiger partial charge in [0, 0.05) is 23.3 Å². The molecule has 2 aliphatic rings. The van der Waals surface area contributed by atoms with E-state index < -0.39 is 23.1 Å². The third kappa shape index (κ3) is 11.0. The summed E-state index contributed by atoms with van der Waals surface area (Å²) in [7, 11) is -0.611.